The molecule has 11 aromatic carbocycles. The zero-order valence-electron chi connectivity index (χ0n) is 36.3. The summed E-state index contributed by atoms with van der Waals surface area (Å²) in [7, 11) is 0. The topological polar surface area (TPSA) is 8.17 Å². The van der Waals surface area contributed by atoms with E-state index < -0.39 is 0 Å². The predicted octanol–water partition coefficient (Wildman–Crippen LogP) is 17.7. The standard InChI is InChI=1S/C64H44N2/c1-3-16-45(17-4-1)47-30-32-48(33-31-47)50-36-40-53(41-37-50)65(52-38-34-49(35-39-52)46-18-5-2-6-19-46)54-42-43-57(61(44-54)56-26-15-21-51-20-7-8-22-55(51)56)58-23-9-12-27-62(58)66-63-28-13-10-24-59(63)60-25-11-14-29-64(60)66/h1-44H. The van der Waals surface area contributed by atoms with Gasteiger partial charge < -0.3 is 9.47 Å². The third kappa shape index (κ3) is 7.02. The number of fused-ring (bicyclic) bond motifs is 4. The van der Waals surface area contributed by atoms with E-state index >= 15 is 0 Å². The smallest absolute Gasteiger partial charge is 0.0541 e. The molecule has 0 saturated carbocycles. The molecule has 0 radical (unpaired) electrons. The number of hydrogen-bond acceptors (Lipinski definition) is 1. The number of benzene rings is 11. The summed E-state index contributed by atoms with van der Waals surface area (Å²) in [6.45, 7) is 0. The molecule has 0 atom stereocenters. The highest BCUT2D eigenvalue weighted by Crippen LogP contribution is 2.45. The van der Waals surface area contributed by atoms with Crippen molar-refractivity contribution in [2.45, 2.75) is 0 Å². The Morgan fingerprint density at radius 2 is 0.652 bits per heavy atom. The van der Waals surface area contributed by atoms with Crippen molar-refractivity contribution >= 4 is 49.6 Å². The van der Waals surface area contributed by atoms with Crippen molar-refractivity contribution in [2.24, 2.45) is 0 Å². The molecule has 0 amide bonds. The van der Waals surface area contributed by atoms with Gasteiger partial charge in [-0.1, -0.05) is 212 Å². The van der Waals surface area contributed by atoms with E-state index in [1.54, 1.807) is 0 Å². The molecule has 1 aromatic heterocycles. The number of nitrogens with zero attached hydrogens (tertiary/aromatic N) is 2. The fourth-order valence-electron chi connectivity index (χ4n) is 9.84. The first-order valence-electron chi connectivity index (χ1n) is 22.7. The summed E-state index contributed by atoms with van der Waals surface area (Å²) >= 11 is 0. The fourth-order valence-corrected chi connectivity index (χ4v) is 9.84. The van der Waals surface area contributed by atoms with Gasteiger partial charge in [-0.25, -0.2) is 0 Å². The molecule has 2 heteroatoms. The van der Waals surface area contributed by atoms with E-state index in [9.17, 15) is 0 Å². The zero-order chi connectivity index (χ0) is 43.8. The summed E-state index contributed by atoms with van der Waals surface area (Å²) in [5.41, 5.74) is 18.6. The SMILES string of the molecule is c1ccc(-c2ccc(-c3ccc(N(c4ccc(-c5ccccc5)cc4)c4ccc(-c5ccccc5-n5c6ccccc6c6ccccc65)c(-c5cccc6ccccc56)c4)cc3)cc2)cc1. The summed E-state index contributed by atoms with van der Waals surface area (Å²) in [5.74, 6) is 0. The van der Waals surface area contributed by atoms with Crippen LogP contribution in [-0.4, -0.2) is 4.57 Å². The normalized spacial score (nSPS) is 11.3. The lowest BCUT2D eigenvalue weighted by Crippen LogP contribution is -2.10. The molecule has 0 aliphatic heterocycles. The lowest BCUT2D eigenvalue weighted by atomic mass is 9.90. The zero-order valence-corrected chi connectivity index (χ0v) is 36.3. The van der Waals surface area contributed by atoms with Crippen molar-refractivity contribution in [3.05, 3.63) is 267 Å². The molecular weight excluding hydrogens is 797 g/mol. The van der Waals surface area contributed by atoms with Gasteiger partial charge in [0, 0.05) is 33.4 Å². The van der Waals surface area contributed by atoms with Crippen molar-refractivity contribution in [1.29, 1.82) is 0 Å². The molecule has 0 fully saturated rings. The highest BCUT2D eigenvalue weighted by molar-refractivity contribution is 6.10. The van der Waals surface area contributed by atoms with Gasteiger partial charge in [0.15, 0.2) is 0 Å². The van der Waals surface area contributed by atoms with Crippen LogP contribution in [0, 0.1) is 0 Å². The maximum absolute atomic E-state index is 2.44. The molecule has 0 unspecified atom stereocenters. The molecule has 0 bridgehead atoms. The Morgan fingerprint density at radius 1 is 0.242 bits per heavy atom. The molecule has 0 spiro atoms. The minimum absolute atomic E-state index is 1.07. The Balaban J connectivity index is 1.04. The first-order valence-corrected chi connectivity index (χ1v) is 22.7. The molecule has 66 heavy (non-hydrogen) atoms. The van der Waals surface area contributed by atoms with Crippen LogP contribution in [0.2, 0.25) is 0 Å². The molecule has 0 N–H and O–H groups in total. The lowest BCUT2D eigenvalue weighted by molar-refractivity contribution is 1.18. The molecule has 310 valence electrons. The Bertz CT molecular complexity index is 3600. The minimum atomic E-state index is 1.07. The Morgan fingerprint density at radius 3 is 1.23 bits per heavy atom. The van der Waals surface area contributed by atoms with Crippen molar-refractivity contribution < 1.29 is 0 Å². The number of para-hydroxylation sites is 3. The van der Waals surface area contributed by atoms with Crippen molar-refractivity contribution in [2.75, 3.05) is 4.90 Å². The summed E-state index contributed by atoms with van der Waals surface area (Å²) < 4.78 is 2.44. The van der Waals surface area contributed by atoms with E-state index in [1.165, 1.54) is 88.2 Å². The second-order valence-electron chi connectivity index (χ2n) is 16.9. The van der Waals surface area contributed by atoms with Crippen LogP contribution in [0.4, 0.5) is 17.1 Å². The average Bonchev–Trinajstić information content (AvgIpc) is 3.74. The van der Waals surface area contributed by atoms with Gasteiger partial charge >= 0.3 is 0 Å². The molecule has 0 aliphatic rings. The van der Waals surface area contributed by atoms with Crippen LogP contribution < -0.4 is 4.90 Å². The van der Waals surface area contributed by atoms with Crippen LogP contribution in [0.25, 0.3) is 93.9 Å². The van der Waals surface area contributed by atoms with Crippen LogP contribution in [-0.2, 0) is 0 Å². The summed E-state index contributed by atoms with van der Waals surface area (Å²) in [4.78, 5) is 2.40. The monoisotopic (exact) mass is 840 g/mol. The molecule has 12 rings (SSSR count). The highest BCUT2D eigenvalue weighted by Gasteiger charge is 2.21. The molecule has 1 heterocycles. The average molecular weight is 841 g/mol. The Kier molecular flexibility index (Phi) is 9.89. The molecule has 0 saturated heterocycles. The highest BCUT2D eigenvalue weighted by atomic mass is 15.1. The molecule has 12 aromatic rings. The third-order valence-electron chi connectivity index (χ3n) is 13.0. The first-order chi connectivity index (χ1) is 32.7. The van der Waals surface area contributed by atoms with Gasteiger partial charge in [0.2, 0.25) is 0 Å². The van der Waals surface area contributed by atoms with Gasteiger partial charge in [0.1, 0.15) is 0 Å². The maximum atomic E-state index is 2.44. The summed E-state index contributed by atoms with van der Waals surface area (Å²) in [6, 6.07) is 97.0. The van der Waals surface area contributed by atoms with Gasteiger partial charge in [-0.3, -0.25) is 0 Å². The van der Waals surface area contributed by atoms with Gasteiger partial charge in [0.05, 0.1) is 16.7 Å². The number of aromatic nitrogens is 1. The van der Waals surface area contributed by atoms with Gasteiger partial charge in [-0.15, -0.1) is 0 Å². The molecule has 0 aliphatic carbocycles. The number of rotatable bonds is 9. The van der Waals surface area contributed by atoms with Crippen molar-refractivity contribution in [1.82, 2.24) is 4.57 Å². The third-order valence-corrected chi connectivity index (χ3v) is 13.0. The van der Waals surface area contributed by atoms with Gasteiger partial charge in [-0.2, -0.15) is 0 Å². The van der Waals surface area contributed by atoms with Crippen molar-refractivity contribution in [3.63, 3.8) is 0 Å². The second-order valence-corrected chi connectivity index (χ2v) is 16.9. The van der Waals surface area contributed by atoms with Crippen LogP contribution in [0.15, 0.2) is 267 Å². The van der Waals surface area contributed by atoms with Gasteiger partial charge in [0.25, 0.3) is 0 Å². The quantitative estimate of drug-likeness (QED) is 0.141. The predicted molar refractivity (Wildman–Crippen MR) is 280 cm³/mol. The van der Waals surface area contributed by atoms with E-state index in [4.69, 9.17) is 0 Å². The number of hydrogen-bond donors (Lipinski definition) is 0. The van der Waals surface area contributed by atoms with E-state index in [0.717, 1.165) is 22.7 Å². The van der Waals surface area contributed by atoms with E-state index in [0.29, 0.717) is 0 Å². The van der Waals surface area contributed by atoms with Crippen LogP contribution >= 0.6 is 0 Å². The van der Waals surface area contributed by atoms with E-state index in [2.05, 4.69) is 276 Å². The Hall–Kier alpha value is -8.72. The van der Waals surface area contributed by atoms with Crippen LogP contribution in [0.1, 0.15) is 0 Å². The van der Waals surface area contributed by atoms with E-state index in [-0.39, 0.29) is 0 Å². The minimum Gasteiger partial charge on any atom is -0.310 e. The summed E-state index contributed by atoms with van der Waals surface area (Å²) in [5, 5.41) is 4.92. The Labute approximate surface area is 385 Å². The molecular formula is C64H44N2. The maximum Gasteiger partial charge on any atom is 0.0541 e. The number of anilines is 3. The van der Waals surface area contributed by atoms with Gasteiger partial charge in [-0.05, 0) is 115 Å². The molecule has 2 nitrogen and oxygen atoms in total. The largest absolute Gasteiger partial charge is 0.310 e. The summed E-state index contributed by atoms with van der Waals surface area (Å²) in [6.07, 6.45) is 0. The lowest BCUT2D eigenvalue weighted by Gasteiger charge is -2.28. The fraction of sp³-hybridized carbons (Fsp3) is 0. The second kappa shape index (κ2) is 16.8. The van der Waals surface area contributed by atoms with Crippen LogP contribution in [0.5, 0.6) is 0 Å². The van der Waals surface area contributed by atoms with Crippen molar-refractivity contribution in [3.8, 4) is 61.3 Å². The van der Waals surface area contributed by atoms with E-state index in [1.807, 2.05) is 0 Å². The van der Waals surface area contributed by atoms with Crippen LogP contribution in [0.3, 0.4) is 0 Å². The first kappa shape index (κ1) is 38.9.